The van der Waals surface area contributed by atoms with Crippen LogP contribution in [0.25, 0.3) is 0 Å². The normalized spacial score (nSPS) is 12.3. The van der Waals surface area contributed by atoms with E-state index in [9.17, 15) is 18.0 Å². The van der Waals surface area contributed by atoms with Crippen LogP contribution in [0.5, 0.6) is 0 Å². The molecule has 1 amide bonds. The van der Waals surface area contributed by atoms with E-state index in [0.29, 0.717) is 6.54 Å². The van der Waals surface area contributed by atoms with Crippen molar-refractivity contribution >= 4 is 17.2 Å². The summed E-state index contributed by atoms with van der Waals surface area (Å²) in [7, 11) is 1.63. The number of carbonyl (C=O) groups is 1. The van der Waals surface area contributed by atoms with Crippen LogP contribution in [0.4, 0.5) is 13.2 Å². The zero-order valence-electron chi connectivity index (χ0n) is 13.0. The Hall–Kier alpha value is -1.89. The van der Waals surface area contributed by atoms with Gasteiger partial charge in [0.25, 0.3) is 0 Å². The predicted octanol–water partition coefficient (Wildman–Crippen LogP) is 4.10. The third-order valence-electron chi connectivity index (χ3n) is 3.61. The maximum absolute atomic E-state index is 12.8. The Morgan fingerprint density at radius 3 is 2.57 bits per heavy atom. The Labute approximate surface area is 136 Å². The zero-order valence-corrected chi connectivity index (χ0v) is 13.8. The van der Waals surface area contributed by atoms with Gasteiger partial charge < -0.3 is 4.90 Å². The predicted molar refractivity (Wildman–Crippen MR) is 83.1 cm³/mol. The van der Waals surface area contributed by atoms with Gasteiger partial charge in [-0.05, 0) is 48.4 Å². The lowest BCUT2D eigenvalue weighted by molar-refractivity contribution is -0.139. The van der Waals surface area contributed by atoms with Crippen LogP contribution >= 0.6 is 11.3 Å². The molecule has 0 fully saturated rings. The third-order valence-corrected chi connectivity index (χ3v) is 4.34. The van der Waals surface area contributed by atoms with Gasteiger partial charge in [-0.25, -0.2) is 0 Å². The average molecular weight is 342 g/mol. The van der Waals surface area contributed by atoms with Crippen molar-refractivity contribution in [3.05, 3.63) is 52.0 Å². The fourth-order valence-electron chi connectivity index (χ4n) is 2.26. The smallest absolute Gasteiger partial charge is 0.341 e. The minimum absolute atomic E-state index is 0.106. The second-order valence-electron chi connectivity index (χ2n) is 5.85. The van der Waals surface area contributed by atoms with Gasteiger partial charge >= 0.3 is 6.18 Å². The van der Waals surface area contributed by atoms with Crippen LogP contribution in [0.3, 0.4) is 0 Å². The van der Waals surface area contributed by atoms with Gasteiger partial charge in [-0.15, -0.1) is 0 Å². The second-order valence-corrected chi connectivity index (χ2v) is 6.63. The first-order valence-electron chi connectivity index (χ1n) is 6.92. The van der Waals surface area contributed by atoms with E-state index < -0.39 is 17.2 Å². The minimum atomic E-state index is -4.46. The number of amides is 1. The molecule has 2 rings (SSSR count). The van der Waals surface area contributed by atoms with Crippen molar-refractivity contribution in [1.29, 1.82) is 0 Å². The molecule has 0 radical (unpaired) electrons. The molecule has 2 aromatic heterocycles. The van der Waals surface area contributed by atoms with Gasteiger partial charge in [-0.1, -0.05) is 0 Å². The molecule has 2 heterocycles. The summed E-state index contributed by atoms with van der Waals surface area (Å²) in [4.78, 5) is 18.1. The van der Waals surface area contributed by atoms with Crippen LogP contribution in [-0.2, 0) is 22.9 Å². The highest BCUT2D eigenvalue weighted by molar-refractivity contribution is 7.07. The summed E-state index contributed by atoms with van der Waals surface area (Å²) < 4.78 is 38.5. The quantitative estimate of drug-likeness (QED) is 0.838. The topological polar surface area (TPSA) is 33.2 Å². The second kappa shape index (κ2) is 6.31. The standard InChI is InChI=1S/C16H17F3N2OS/c1-15(2,13-8-12(4-6-20-13)16(17,18)19)14(22)21(3)9-11-5-7-23-10-11/h4-8,10H,9H2,1-3H3. The number of aromatic nitrogens is 1. The maximum Gasteiger partial charge on any atom is 0.416 e. The van der Waals surface area contributed by atoms with Crippen LogP contribution in [0, 0.1) is 0 Å². The van der Waals surface area contributed by atoms with Crippen molar-refractivity contribution in [2.24, 2.45) is 0 Å². The van der Waals surface area contributed by atoms with E-state index in [1.54, 1.807) is 20.9 Å². The first kappa shape index (κ1) is 17.5. The van der Waals surface area contributed by atoms with E-state index in [1.165, 1.54) is 16.2 Å². The summed E-state index contributed by atoms with van der Waals surface area (Å²) in [5, 5.41) is 3.84. The summed E-state index contributed by atoms with van der Waals surface area (Å²) in [6, 6.07) is 3.75. The van der Waals surface area contributed by atoms with Crippen LogP contribution < -0.4 is 0 Å². The Balaban J connectivity index is 2.24. The van der Waals surface area contributed by atoms with Crippen molar-refractivity contribution in [2.45, 2.75) is 32.0 Å². The molecule has 0 aliphatic rings. The van der Waals surface area contributed by atoms with Crippen LogP contribution in [0.1, 0.15) is 30.7 Å². The molecule has 7 heteroatoms. The van der Waals surface area contributed by atoms with E-state index in [2.05, 4.69) is 4.98 Å². The number of hydrogen-bond acceptors (Lipinski definition) is 3. The Morgan fingerprint density at radius 2 is 2.00 bits per heavy atom. The minimum Gasteiger partial charge on any atom is -0.341 e. The van der Waals surface area contributed by atoms with E-state index in [-0.39, 0.29) is 11.6 Å². The molecule has 0 aliphatic heterocycles. The number of halogens is 3. The Morgan fingerprint density at radius 1 is 1.30 bits per heavy atom. The molecule has 0 atom stereocenters. The number of hydrogen-bond donors (Lipinski definition) is 0. The number of likely N-dealkylation sites (N-methyl/N-ethyl adjacent to an activating group) is 1. The average Bonchev–Trinajstić information content (AvgIpc) is 2.98. The lowest BCUT2D eigenvalue weighted by Crippen LogP contribution is -2.41. The van der Waals surface area contributed by atoms with E-state index >= 15 is 0 Å². The van der Waals surface area contributed by atoms with Crippen molar-refractivity contribution < 1.29 is 18.0 Å². The fraction of sp³-hybridized carbons (Fsp3) is 0.375. The third kappa shape index (κ3) is 3.90. The molecule has 0 bridgehead atoms. The molecule has 23 heavy (non-hydrogen) atoms. The summed E-state index contributed by atoms with van der Waals surface area (Å²) in [5.74, 6) is -0.282. The molecule has 2 aromatic rings. The molecular formula is C16H17F3N2OS. The van der Waals surface area contributed by atoms with Gasteiger partial charge in [-0.3, -0.25) is 9.78 Å². The van der Waals surface area contributed by atoms with Gasteiger partial charge in [-0.2, -0.15) is 24.5 Å². The lowest BCUT2D eigenvalue weighted by atomic mass is 9.86. The highest BCUT2D eigenvalue weighted by atomic mass is 32.1. The molecule has 3 nitrogen and oxygen atoms in total. The fourth-order valence-corrected chi connectivity index (χ4v) is 2.92. The first-order chi connectivity index (χ1) is 10.6. The van der Waals surface area contributed by atoms with Gasteiger partial charge in [0.2, 0.25) is 5.91 Å². The van der Waals surface area contributed by atoms with Crippen molar-refractivity contribution in [1.82, 2.24) is 9.88 Å². The summed E-state index contributed by atoms with van der Waals surface area (Å²) in [5.41, 5.74) is -0.858. The maximum atomic E-state index is 12.8. The lowest BCUT2D eigenvalue weighted by Gasteiger charge is -2.29. The largest absolute Gasteiger partial charge is 0.416 e. The van der Waals surface area contributed by atoms with Gasteiger partial charge in [0.15, 0.2) is 0 Å². The zero-order chi connectivity index (χ0) is 17.3. The van der Waals surface area contributed by atoms with E-state index in [1.807, 2.05) is 16.8 Å². The summed E-state index contributed by atoms with van der Waals surface area (Å²) in [6.07, 6.45) is -3.37. The van der Waals surface area contributed by atoms with Crippen LogP contribution in [0.2, 0.25) is 0 Å². The van der Waals surface area contributed by atoms with E-state index in [4.69, 9.17) is 0 Å². The number of pyridine rings is 1. The highest BCUT2D eigenvalue weighted by Crippen LogP contribution is 2.32. The van der Waals surface area contributed by atoms with Crippen molar-refractivity contribution in [3.63, 3.8) is 0 Å². The van der Waals surface area contributed by atoms with Crippen molar-refractivity contribution in [2.75, 3.05) is 7.05 Å². The summed E-state index contributed by atoms with van der Waals surface area (Å²) >= 11 is 1.53. The summed E-state index contributed by atoms with van der Waals surface area (Å²) in [6.45, 7) is 3.58. The van der Waals surface area contributed by atoms with Gasteiger partial charge in [0, 0.05) is 19.8 Å². The molecule has 0 unspecified atom stereocenters. The first-order valence-corrected chi connectivity index (χ1v) is 7.87. The number of nitrogens with zero attached hydrogens (tertiary/aromatic N) is 2. The van der Waals surface area contributed by atoms with E-state index in [0.717, 1.165) is 23.9 Å². The van der Waals surface area contributed by atoms with Crippen LogP contribution in [0.15, 0.2) is 35.2 Å². The number of alkyl halides is 3. The molecule has 0 N–H and O–H groups in total. The van der Waals surface area contributed by atoms with Crippen molar-refractivity contribution in [3.8, 4) is 0 Å². The van der Waals surface area contributed by atoms with Crippen LogP contribution in [-0.4, -0.2) is 22.8 Å². The molecule has 0 aromatic carbocycles. The molecule has 124 valence electrons. The van der Waals surface area contributed by atoms with Gasteiger partial charge in [0.1, 0.15) is 0 Å². The SMILES string of the molecule is CN(Cc1ccsc1)C(=O)C(C)(C)c1cc(C(F)(F)F)ccn1. The van der Waals surface area contributed by atoms with Gasteiger partial charge in [0.05, 0.1) is 16.7 Å². The monoisotopic (exact) mass is 342 g/mol. The number of carbonyl (C=O) groups excluding carboxylic acids is 1. The molecule has 0 aliphatic carbocycles. The number of thiophene rings is 1. The Bertz CT molecular complexity index is 681. The Kier molecular flexibility index (Phi) is 4.79. The molecule has 0 spiro atoms. The number of rotatable bonds is 4. The molecular weight excluding hydrogens is 325 g/mol. The molecule has 0 saturated heterocycles. The molecule has 0 saturated carbocycles. The highest BCUT2D eigenvalue weighted by Gasteiger charge is 2.37.